The monoisotopic (exact) mass is 246 g/mol. The van der Waals surface area contributed by atoms with Crippen LogP contribution < -0.4 is 0 Å². The van der Waals surface area contributed by atoms with Crippen molar-refractivity contribution in [3.8, 4) is 0 Å². The van der Waals surface area contributed by atoms with Crippen LogP contribution in [0.2, 0.25) is 0 Å². The number of thioether (sulfide) groups is 1. The Labute approximate surface area is 87.3 Å². The fourth-order valence-corrected chi connectivity index (χ4v) is 4.35. The summed E-state index contributed by atoms with van der Waals surface area (Å²) in [6.45, 7) is 0. The molecule has 1 saturated carbocycles. The SMILES string of the molecule is BrC1CCCCC1C1=CCCS1. The molecule has 2 unspecified atom stereocenters. The predicted octanol–water partition coefficient (Wildman–Crippen LogP) is 3.96. The maximum Gasteiger partial charge on any atom is 0.0219 e. The molecule has 0 nitrogen and oxygen atoms in total. The number of hydrogen-bond acceptors (Lipinski definition) is 1. The van der Waals surface area contributed by atoms with Crippen molar-refractivity contribution < 1.29 is 0 Å². The van der Waals surface area contributed by atoms with E-state index in [1.54, 1.807) is 4.91 Å². The van der Waals surface area contributed by atoms with Gasteiger partial charge in [-0.15, -0.1) is 11.8 Å². The largest absolute Gasteiger partial charge is 0.130 e. The number of rotatable bonds is 1. The lowest BCUT2D eigenvalue weighted by atomic mass is 9.88. The van der Waals surface area contributed by atoms with Crippen molar-refractivity contribution in [3.05, 3.63) is 11.0 Å². The fraction of sp³-hybridized carbons (Fsp3) is 0.800. The molecule has 0 aromatic heterocycles. The Hall–Kier alpha value is 0.570. The lowest BCUT2D eigenvalue weighted by Crippen LogP contribution is -2.19. The van der Waals surface area contributed by atoms with Gasteiger partial charge in [0.05, 0.1) is 0 Å². The van der Waals surface area contributed by atoms with Crippen LogP contribution in [0.15, 0.2) is 11.0 Å². The van der Waals surface area contributed by atoms with Gasteiger partial charge in [0.2, 0.25) is 0 Å². The molecule has 68 valence electrons. The van der Waals surface area contributed by atoms with Gasteiger partial charge in [0.15, 0.2) is 0 Å². The van der Waals surface area contributed by atoms with Gasteiger partial charge in [-0.05, 0) is 24.2 Å². The van der Waals surface area contributed by atoms with Crippen molar-refractivity contribution in [2.24, 2.45) is 5.92 Å². The molecule has 0 N–H and O–H groups in total. The van der Waals surface area contributed by atoms with E-state index in [0.29, 0.717) is 0 Å². The Morgan fingerprint density at radius 3 is 2.83 bits per heavy atom. The lowest BCUT2D eigenvalue weighted by Gasteiger charge is -2.27. The van der Waals surface area contributed by atoms with E-state index in [1.807, 2.05) is 0 Å². The van der Waals surface area contributed by atoms with E-state index < -0.39 is 0 Å². The van der Waals surface area contributed by atoms with Gasteiger partial charge in [0, 0.05) is 16.5 Å². The van der Waals surface area contributed by atoms with E-state index in [0.717, 1.165) is 10.7 Å². The molecule has 2 rings (SSSR count). The Morgan fingerprint density at radius 1 is 1.33 bits per heavy atom. The van der Waals surface area contributed by atoms with Gasteiger partial charge >= 0.3 is 0 Å². The molecule has 0 saturated heterocycles. The first-order valence-corrected chi connectivity index (χ1v) is 6.75. The van der Waals surface area contributed by atoms with Gasteiger partial charge < -0.3 is 0 Å². The lowest BCUT2D eigenvalue weighted by molar-refractivity contribution is 0.432. The average Bonchev–Trinajstić information content (AvgIpc) is 2.57. The molecule has 12 heavy (non-hydrogen) atoms. The maximum atomic E-state index is 3.81. The molecule has 1 aliphatic carbocycles. The molecule has 0 radical (unpaired) electrons. The summed E-state index contributed by atoms with van der Waals surface area (Å²) in [6, 6.07) is 0. The van der Waals surface area contributed by atoms with Crippen LogP contribution in [0, 0.1) is 5.92 Å². The molecule has 1 fully saturated rings. The van der Waals surface area contributed by atoms with E-state index >= 15 is 0 Å². The Bertz CT molecular complexity index is 188. The van der Waals surface area contributed by atoms with Gasteiger partial charge in [0.25, 0.3) is 0 Å². The van der Waals surface area contributed by atoms with E-state index in [-0.39, 0.29) is 0 Å². The molecule has 0 bridgehead atoms. The number of halogens is 1. The molecule has 2 heteroatoms. The van der Waals surface area contributed by atoms with Crippen LogP contribution in [0.4, 0.5) is 0 Å². The molecule has 0 spiro atoms. The maximum absolute atomic E-state index is 3.81. The summed E-state index contributed by atoms with van der Waals surface area (Å²) in [5.41, 5.74) is 0. The second kappa shape index (κ2) is 4.19. The molecular formula is C10H15BrS. The van der Waals surface area contributed by atoms with Crippen molar-refractivity contribution in [1.29, 1.82) is 0 Å². The Balaban J connectivity index is 2.00. The summed E-state index contributed by atoms with van der Waals surface area (Å²) in [6.07, 6.45) is 9.40. The minimum absolute atomic E-state index is 0.767. The first-order chi connectivity index (χ1) is 5.88. The van der Waals surface area contributed by atoms with Crippen molar-refractivity contribution in [3.63, 3.8) is 0 Å². The summed E-state index contributed by atoms with van der Waals surface area (Å²) in [7, 11) is 0. The van der Waals surface area contributed by atoms with Crippen molar-refractivity contribution in [2.45, 2.75) is 36.9 Å². The highest BCUT2D eigenvalue weighted by Crippen LogP contribution is 2.42. The summed E-state index contributed by atoms with van der Waals surface area (Å²) >= 11 is 5.89. The third kappa shape index (κ3) is 1.90. The minimum Gasteiger partial charge on any atom is -0.130 e. The summed E-state index contributed by atoms with van der Waals surface area (Å²) in [5, 5.41) is 0. The first-order valence-electron chi connectivity index (χ1n) is 4.85. The molecule has 2 aliphatic rings. The first kappa shape index (κ1) is 9.14. The zero-order valence-electron chi connectivity index (χ0n) is 7.26. The number of alkyl halides is 1. The summed E-state index contributed by atoms with van der Waals surface area (Å²) in [4.78, 5) is 2.44. The van der Waals surface area contributed by atoms with Gasteiger partial charge in [-0.3, -0.25) is 0 Å². The highest BCUT2D eigenvalue weighted by Gasteiger charge is 2.27. The second-order valence-electron chi connectivity index (χ2n) is 3.65. The molecule has 0 aromatic rings. The number of hydrogen-bond donors (Lipinski definition) is 0. The third-order valence-electron chi connectivity index (χ3n) is 2.78. The predicted molar refractivity (Wildman–Crippen MR) is 59.8 cm³/mol. The second-order valence-corrected chi connectivity index (χ2v) is 6.00. The van der Waals surface area contributed by atoms with Crippen LogP contribution in [-0.2, 0) is 0 Å². The summed E-state index contributed by atoms with van der Waals surface area (Å²) in [5.74, 6) is 2.18. The van der Waals surface area contributed by atoms with E-state index in [2.05, 4.69) is 33.8 Å². The Kier molecular flexibility index (Phi) is 3.19. The van der Waals surface area contributed by atoms with Crippen LogP contribution in [0.1, 0.15) is 32.1 Å². The van der Waals surface area contributed by atoms with Crippen molar-refractivity contribution in [2.75, 3.05) is 5.75 Å². The molecule has 0 amide bonds. The van der Waals surface area contributed by atoms with Gasteiger partial charge in [-0.1, -0.05) is 34.8 Å². The zero-order chi connectivity index (χ0) is 8.39. The highest BCUT2D eigenvalue weighted by atomic mass is 79.9. The zero-order valence-corrected chi connectivity index (χ0v) is 9.66. The van der Waals surface area contributed by atoms with E-state index in [4.69, 9.17) is 0 Å². The van der Waals surface area contributed by atoms with Crippen LogP contribution in [0.25, 0.3) is 0 Å². The molecule has 1 aliphatic heterocycles. The molecular weight excluding hydrogens is 232 g/mol. The van der Waals surface area contributed by atoms with Gasteiger partial charge in [0.1, 0.15) is 0 Å². The fourth-order valence-electron chi connectivity index (χ4n) is 2.10. The summed E-state index contributed by atoms with van der Waals surface area (Å²) < 4.78 is 0. The smallest absolute Gasteiger partial charge is 0.0219 e. The average molecular weight is 247 g/mol. The van der Waals surface area contributed by atoms with E-state index in [1.165, 1.54) is 37.9 Å². The van der Waals surface area contributed by atoms with Crippen LogP contribution >= 0.6 is 27.7 Å². The normalized spacial score (nSPS) is 36.6. The van der Waals surface area contributed by atoms with Crippen molar-refractivity contribution >= 4 is 27.7 Å². The minimum atomic E-state index is 0.767. The van der Waals surface area contributed by atoms with Gasteiger partial charge in [-0.2, -0.15) is 0 Å². The Morgan fingerprint density at radius 2 is 2.17 bits per heavy atom. The van der Waals surface area contributed by atoms with Crippen molar-refractivity contribution in [1.82, 2.24) is 0 Å². The quantitative estimate of drug-likeness (QED) is 0.632. The molecule has 0 aromatic carbocycles. The molecule has 2 atom stereocenters. The van der Waals surface area contributed by atoms with E-state index in [9.17, 15) is 0 Å². The van der Waals surface area contributed by atoms with Gasteiger partial charge in [-0.25, -0.2) is 0 Å². The number of allylic oxidation sites excluding steroid dienone is 2. The highest BCUT2D eigenvalue weighted by molar-refractivity contribution is 9.09. The third-order valence-corrected chi connectivity index (χ3v) is 5.12. The molecule has 1 heterocycles. The standard InChI is InChI=1S/C10H15BrS/c11-9-5-2-1-4-8(9)10-6-3-7-12-10/h6,8-9H,1-5,7H2. The van der Waals surface area contributed by atoms with Crippen LogP contribution in [0.5, 0.6) is 0 Å². The van der Waals surface area contributed by atoms with Crippen LogP contribution in [0.3, 0.4) is 0 Å². The topological polar surface area (TPSA) is 0 Å². The van der Waals surface area contributed by atoms with Crippen LogP contribution in [-0.4, -0.2) is 10.6 Å².